The molecule has 0 radical (unpaired) electrons. The monoisotopic (exact) mass is 337 g/mol. The molecule has 1 aliphatic rings. The van der Waals surface area contributed by atoms with Gasteiger partial charge in [0.1, 0.15) is 5.69 Å². The SMILES string of the molecule is NC(c1cccc(Br)c1)c1cn([C@@H]2CNC[C@H]2O)nn1. The topological polar surface area (TPSA) is 89.0 Å². The van der Waals surface area contributed by atoms with Gasteiger partial charge in [0, 0.05) is 17.6 Å². The van der Waals surface area contributed by atoms with Gasteiger partial charge in [-0.05, 0) is 17.7 Å². The van der Waals surface area contributed by atoms with E-state index in [0.717, 1.165) is 10.0 Å². The van der Waals surface area contributed by atoms with Crippen molar-refractivity contribution in [3.05, 3.63) is 46.2 Å². The number of rotatable bonds is 3. The molecule has 106 valence electrons. The number of hydrogen-bond acceptors (Lipinski definition) is 5. The number of nitrogens with two attached hydrogens (primary N) is 1. The van der Waals surface area contributed by atoms with Crippen LogP contribution in [0.2, 0.25) is 0 Å². The largest absolute Gasteiger partial charge is 0.390 e. The van der Waals surface area contributed by atoms with Crippen molar-refractivity contribution < 1.29 is 5.11 Å². The summed E-state index contributed by atoms with van der Waals surface area (Å²) in [6.45, 7) is 1.27. The Morgan fingerprint density at radius 2 is 2.30 bits per heavy atom. The molecule has 1 fully saturated rings. The fourth-order valence-corrected chi connectivity index (χ4v) is 2.80. The number of nitrogens with zero attached hydrogens (tertiary/aromatic N) is 3. The van der Waals surface area contributed by atoms with Gasteiger partial charge in [-0.1, -0.05) is 33.3 Å². The van der Waals surface area contributed by atoms with Gasteiger partial charge in [-0.15, -0.1) is 5.10 Å². The Labute approximate surface area is 125 Å². The Bertz CT molecular complexity index is 602. The first kappa shape index (κ1) is 13.7. The number of aliphatic hydroxyl groups is 1. The lowest BCUT2D eigenvalue weighted by Gasteiger charge is -2.12. The van der Waals surface area contributed by atoms with Crippen LogP contribution < -0.4 is 11.1 Å². The summed E-state index contributed by atoms with van der Waals surface area (Å²) in [6, 6.07) is 7.41. The van der Waals surface area contributed by atoms with Crippen LogP contribution >= 0.6 is 15.9 Å². The van der Waals surface area contributed by atoms with Crippen molar-refractivity contribution in [1.82, 2.24) is 20.3 Å². The van der Waals surface area contributed by atoms with E-state index >= 15 is 0 Å². The molecule has 3 atom stereocenters. The number of aromatic nitrogens is 3. The third-order valence-corrected chi connectivity index (χ3v) is 4.04. The molecule has 2 aromatic rings. The maximum atomic E-state index is 9.86. The fraction of sp³-hybridized carbons (Fsp3) is 0.385. The van der Waals surface area contributed by atoms with Crippen LogP contribution in [0.3, 0.4) is 0 Å². The van der Waals surface area contributed by atoms with Crippen LogP contribution in [0.5, 0.6) is 0 Å². The molecule has 3 rings (SSSR count). The van der Waals surface area contributed by atoms with Gasteiger partial charge in [-0.3, -0.25) is 0 Å². The molecule has 1 unspecified atom stereocenters. The summed E-state index contributed by atoms with van der Waals surface area (Å²) in [5, 5.41) is 21.2. The molecule has 0 aliphatic carbocycles. The molecule has 2 heterocycles. The van der Waals surface area contributed by atoms with E-state index in [0.29, 0.717) is 18.8 Å². The zero-order chi connectivity index (χ0) is 14.1. The molecule has 6 nitrogen and oxygen atoms in total. The van der Waals surface area contributed by atoms with E-state index in [1.54, 1.807) is 4.68 Å². The van der Waals surface area contributed by atoms with Crippen LogP contribution in [0.4, 0.5) is 0 Å². The minimum absolute atomic E-state index is 0.0778. The highest BCUT2D eigenvalue weighted by Gasteiger charge is 2.28. The standard InChI is InChI=1S/C13H16BrN5O/c14-9-3-1-2-8(4-9)13(15)10-7-19(18-17-10)11-5-16-6-12(11)20/h1-4,7,11-13,16,20H,5-6,15H2/t11-,12-,13?/m1/s1. The van der Waals surface area contributed by atoms with Gasteiger partial charge in [0.05, 0.1) is 24.4 Å². The summed E-state index contributed by atoms with van der Waals surface area (Å²) in [6.07, 6.45) is 1.37. The molecule has 20 heavy (non-hydrogen) atoms. The molecular weight excluding hydrogens is 322 g/mol. The molecular formula is C13H16BrN5O. The second-order valence-corrected chi connectivity index (χ2v) is 5.86. The number of benzene rings is 1. The lowest BCUT2D eigenvalue weighted by molar-refractivity contribution is 0.143. The molecule has 1 aliphatic heterocycles. The number of halogens is 1. The molecule has 1 aromatic carbocycles. The molecule has 0 amide bonds. The summed E-state index contributed by atoms with van der Waals surface area (Å²) in [4.78, 5) is 0. The Morgan fingerprint density at radius 1 is 1.45 bits per heavy atom. The average Bonchev–Trinajstić information content (AvgIpc) is 3.06. The lowest BCUT2D eigenvalue weighted by atomic mass is 10.1. The smallest absolute Gasteiger partial charge is 0.104 e. The van der Waals surface area contributed by atoms with E-state index in [9.17, 15) is 5.11 Å². The highest BCUT2D eigenvalue weighted by molar-refractivity contribution is 9.10. The first-order chi connectivity index (χ1) is 9.65. The third kappa shape index (κ3) is 2.62. The summed E-state index contributed by atoms with van der Waals surface area (Å²) in [7, 11) is 0. The Balaban J connectivity index is 1.82. The van der Waals surface area contributed by atoms with Crippen LogP contribution in [0, 0.1) is 0 Å². The molecule has 0 saturated carbocycles. The highest BCUT2D eigenvalue weighted by atomic mass is 79.9. The maximum absolute atomic E-state index is 9.86. The second kappa shape index (κ2) is 5.61. The van der Waals surface area contributed by atoms with E-state index in [2.05, 4.69) is 31.6 Å². The first-order valence-corrected chi connectivity index (χ1v) is 7.26. The summed E-state index contributed by atoms with van der Waals surface area (Å²) in [5.41, 5.74) is 7.88. The van der Waals surface area contributed by atoms with Crippen LogP contribution in [0.1, 0.15) is 23.3 Å². The lowest BCUT2D eigenvalue weighted by Crippen LogP contribution is -2.22. The van der Waals surface area contributed by atoms with Crippen molar-refractivity contribution in [2.75, 3.05) is 13.1 Å². The Morgan fingerprint density at radius 3 is 3.00 bits per heavy atom. The van der Waals surface area contributed by atoms with Gasteiger partial charge in [0.15, 0.2) is 0 Å². The molecule has 7 heteroatoms. The number of aliphatic hydroxyl groups excluding tert-OH is 1. The number of hydrogen-bond donors (Lipinski definition) is 3. The summed E-state index contributed by atoms with van der Waals surface area (Å²) >= 11 is 3.43. The normalized spacial score (nSPS) is 23.9. The predicted molar refractivity (Wildman–Crippen MR) is 78.1 cm³/mol. The van der Waals surface area contributed by atoms with Crippen molar-refractivity contribution in [3.8, 4) is 0 Å². The zero-order valence-corrected chi connectivity index (χ0v) is 12.4. The van der Waals surface area contributed by atoms with Gasteiger partial charge in [0.25, 0.3) is 0 Å². The zero-order valence-electron chi connectivity index (χ0n) is 10.8. The van der Waals surface area contributed by atoms with Gasteiger partial charge in [0.2, 0.25) is 0 Å². The van der Waals surface area contributed by atoms with E-state index < -0.39 is 6.10 Å². The van der Waals surface area contributed by atoms with Crippen LogP contribution in [-0.2, 0) is 0 Å². The minimum atomic E-state index is -0.438. The maximum Gasteiger partial charge on any atom is 0.104 e. The quantitative estimate of drug-likeness (QED) is 0.762. The third-order valence-electron chi connectivity index (χ3n) is 3.55. The molecule has 0 bridgehead atoms. The van der Waals surface area contributed by atoms with E-state index in [4.69, 9.17) is 5.73 Å². The van der Waals surface area contributed by atoms with E-state index in [1.165, 1.54) is 0 Å². The fourth-order valence-electron chi connectivity index (χ4n) is 2.39. The molecule has 1 aromatic heterocycles. The van der Waals surface area contributed by atoms with Crippen molar-refractivity contribution >= 4 is 15.9 Å². The van der Waals surface area contributed by atoms with E-state index in [1.807, 2.05) is 30.5 Å². The van der Waals surface area contributed by atoms with Crippen molar-refractivity contribution in [1.29, 1.82) is 0 Å². The van der Waals surface area contributed by atoms with Crippen molar-refractivity contribution in [2.24, 2.45) is 5.73 Å². The first-order valence-electron chi connectivity index (χ1n) is 6.46. The highest BCUT2D eigenvalue weighted by Crippen LogP contribution is 2.22. The van der Waals surface area contributed by atoms with Gasteiger partial charge >= 0.3 is 0 Å². The second-order valence-electron chi connectivity index (χ2n) is 4.95. The molecule has 4 N–H and O–H groups in total. The minimum Gasteiger partial charge on any atom is -0.390 e. The average molecular weight is 338 g/mol. The Hall–Kier alpha value is -1.28. The summed E-state index contributed by atoms with van der Waals surface area (Å²) < 4.78 is 2.67. The van der Waals surface area contributed by atoms with E-state index in [-0.39, 0.29) is 12.1 Å². The Kier molecular flexibility index (Phi) is 3.84. The van der Waals surface area contributed by atoms with Crippen molar-refractivity contribution in [2.45, 2.75) is 18.2 Å². The predicted octanol–water partition coefficient (Wildman–Crippen LogP) is 0.594. The van der Waals surface area contributed by atoms with Gasteiger partial charge < -0.3 is 16.2 Å². The van der Waals surface area contributed by atoms with Crippen LogP contribution in [0.25, 0.3) is 0 Å². The van der Waals surface area contributed by atoms with Gasteiger partial charge in [-0.2, -0.15) is 0 Å². The number of nitrogens with one attached hydrogen (secondary N) is 1. The number of β-amino-alcohol motifs (C(OH)–C–C–N with tert-alkyl or cyclic N) is 1. The summed E-state index contributed by atoms with van der Waals surface area (Å²) in [5.74, 6) is 0. The molecule has 0 spiro atoms. The van der Waals surface area contributed by atoms with Crippen molar-refractivity contribution in [3.63, 3.8) is 0 Å². The van der Waals surface area contributed by atoms with Gasteiger partial charge in [-0.25, -0.2) is 4.68 Å². The molecule has 1 saturated heterocycles. The van der Waals surface area contributed by atoms with Crippen LogP contribution in [-0.4, -0.2) is 39.3 Å². The van der Waals surface area contributed by atoms with Crippen LogP contribution in [0.15, 0.2) is 34.9 Å².